The number of rotatable bonds is 2. The van der Waals surface area contributed by atoms with Crippen LogP contribution in [0.25, 0.3) is 0 Å². The molecule has 0 aromatic heterocycles. The van der Waals surface area contributed by atoms with E-state index in [0.29, 0.717) is 11.3 Å². The number of methoxy groups -OCH3 is 1. The van der Waals surface area contributed by atoms with Gasteiger partial charge < -0.3 is 4.74 Å². The predicted molar refractivity (Wildman–Crippen MR) is 63.8 cm³/mol. The highest BCUT2D eigenvalue weighted by atomic mass is 35.5. The smallest absolute Gasteiger partial charge is 0.118 e. The summed E-state index contributed by atoms with van der Waals surface area (Å²) < 4.78 is 5.15. The van der Waals surface area contributed by atoms with Crippen LogP contribution in [0.1, 0.15) is 37.2 Å². The van der Waals surface area contributed by atoms with E-state index in [9.17, 15) is 0 Å². The fraction of sp³-hybridized carbons (Fsp3) is 0.538. The van der Waals surface area contributed by atoms with Crippen molar-refractivity contribution < 1.29 is 4.74 Å². The Balaban J connectivity index is 2.13. The average molecular weight is 225 g/mol. The molecule has 1 aromatic rings. The Morgan fingerprint density at radius 1 is 1.13 bits per heavy atom. The van der Waals surface area contributed by atoms with Gasteiger partial charge in [0.05, 0.1) is 7.11 Å². The van der Waals surface area contributed by atoms with Crippen molar-refractivity contribution in [2.75, 3.05) is 7.11 Å². The maximum atomic E-state index is 6.36. The molecule has 0 saturated heterocycles. The highest BCUT2D eigenvalue weighted by Gasteiger charge is 2.24. The molecule has 0 bridgehead atoms. The lowest BCUT2D eigenvalue weighted by Gasteiger charge is -2.27. The van der Waals surface area contributed by atoms with Gasteiger partial charge in [0.2, 0.25) is 0 Å². The maximum Gasteiger partial charge on any atom is 0.118 e. The summed E-state index contributed by atoms with van der Waals surface area (Å²) in [5.41, 5.74) is 1.36. The molecular formula is C13H17ClO. The predicted octanol–water partition coefficient (Wildman–Crippen LogP) is 3.96. The fourth-order valence-corrected chi connectivity index (χ4v) is 2.74. The Labute approximate surface area is 96.4 Å². The first-order valence-corrected chi connectivity index (χ1v) is 6.03. The molecule has 82 valence electrons. The van der Waals surface area contributed by atoms with Gasteiger partial charge in [0, 0.05) is 11.3 Å². The molecule has 1 aliphatic carbocycles. The Morgan fingerprint density at radius 2 is 1.80 bits per heavy atom. The molecule has 0 N–H and O–H groups in total. The summed E-state index contributed by atoms with van der Waals surface area (Å²) in [6, 6.07) is 8.33. The summed E-state index contributed by atoms with van der Waals surface area (Å²) in [7, 11) is 1.69. The van der Waals surface area contributed by atoms with Crippen molar-refractivity contribution in [3.8, 4) is 5.75 Å². The molecular weight excluding hydrogens is 208 g/mol. The van der Waals surface area contributed by atoms with Crippen molar-refractivity contribution in [1.29, 1.82) is 0 Å². The van der Waals surface area contributed by atoms with Gasteiger partial charge >= 0.3 is 0 Å². The van der Waals surface area contributed by atoms with Crippen molar-refractivity contribution in [2.45, 2.75) is 37.0 Å². The van der Waals surface area contributed by atoms with Crippen LogP contribution < -0.4 is 4.74 Å². The molecule has 0 spiro atoms. The van der Waals surface area contributed by atoms with E-state index in [1.54, 1.807) is 7.11 Å². The second-order valence-electron chi connectivity index (χ2n) is 4.18. The van der Waals surface area contributed by atoms with E-state index in [1.807, 2.05) is 12.1 Å². The van der Waals surface area contributed by atoms with Crippen molar-refractivity contribution >= 4 is 11.6 Å². The third kappa shape index (κ3) is 2.46. The van der Waals surface area contributed by atoms with Gasteiger partial charge in [-0.1, -0.05) is 25.0 Å². The molecule has 1 fully saturated rings. The number of alkyl halides is 1. The first kappa shape index (κ1) is 10.8. The van der Waals surface area contributed by atoms with Crippen molar-refractivity contribution in [3.63, 3.8) is 0 Å². The molecule has 1 nitrogen and oxygen atoms in total. The second-order valence-corrected chi connectivity index (χ2v) is 4.74. The lowest BCUT2D eigenvalue weighted by Crippen LogP contribution is -2.17. The van der Waals surface area contributed by atoms with Crippen LogP contribution in [0.15, 0.2) is 24.3 Å². The average Bonchev–Trinajstić information content (AvgIpc) is 2.30. The monoisotopic (exact) mass is 224 g/mol. The molecule has 0 aliphatic heterocycles. The number of halogens is 1. The number of hydrogen-bond acceptors (Lipinski definition) is 1. The zero-order valence-corrected chi connectivity index (χ0v) is 9.83. The molecule has 15 heavy (non-hydrogen) atoms. The van der Waals surface area contributed by atoms with E-state index in [0.717, 1.165) is 12.2 Å². The second kappa shape index (κ2) is 4.89. The summed E-state index contributed by atoms with van der Waals surface area (Å²) >= 11 is 6.36. The third-order valence-corrected chi connectivity index (χ3v) is 3.75. The summed E-state index contributed by atoms with van der Waals surface area (Å²) in [4.78, 5) is 0. The minimum Gasteiger partial charge on any atom is -0.497 e. The highest BCUT2D eigenvalue weighted by Crippen LogP contribution is 2.36. The van der Waals surface area contributed by atoms with E-state index >= 15 is 0 Å². The normalized spacial score (nSPS) is 26.3. The molecule has 0 heterocycles. The highest BCUT2D eigenvalue weighted by molar-refractivity contribution is 6.21. The van der Waals surface area contributed by atoms with Gasteiger partial charge in [-0.2, -0.15) is 0 Å². The zero-order valence-electron chi connectivity index (χ0n) is 9.08. The van der Waals surface area contributed by atoms with Crippen molar-refractivity contribution in [2.24, 2.45) is 0 Å². The first-order valence-electron chi connectivity index (χ1n) is 5.59. The van der Waals surface area contributed by atoms with Crippen LogP contribution in [0.5, 0.6) is 5.75 Å². The molecule has 1 aromatic carbocycles. The molecule has 2 heteroatoms. The van der Waals surface area contributed by atoms with Crippen LogP contribution in [0.2, 0.25) is 0 Å². The molecule has 1 saturated carbocycles. The van der Waals surface area contributed by atoms with Crippen LogP contribution >= 0.6 is 11.6 Å². The van der Waals surface area contributed by atoms with Crippen LogP contribution in [-0.2, 0) is 0 Å². The maximum absolute atomic E-state index is 6.36. The Bertz CT molecular complexity index is 307. The van der Waals surface area contributed by atoms with Gasteiger partial charge in [-0.05, 0) is 30.5 Å². The Morgan fingerprint density at radius 3 is 2.40 bits per heavy atom. The minimum absolute atomic E-state index is 0.312. The van der Waals surface area contributed by atoms with E-state index in [-0.39, 0.29) is 0 Å². The molecule has 1 aliphatic rings. The lowest BCUT2D eigenvalue weighted by molar-refractivity contribution is 0.413. The summed E-state index contributed by atoms with van der Waals surface area (Å²) in [6.45, 7) is 0. The summed E-state index contributed by atoms with van der Waals surface area (Å²) in [5.74, 6) is 1.45. The summed E-state index contributed by atoms with van der Waals surface area (Å²) in [5, 5.41) is 0.312. The fourth-order valence-electron chi connectivity index (χ4n) is 2.31. The molecule has 2 rings (SSSR count). The van der Waals surface area contributed by atoms with E-state index in [4.69, 9.17) is 16.3 Å². The van der Waals surface area contributed by atoms with Gasteiger partial charge in [0.15, 0.2) is 0 Å². The molecule has 2 atom stereocenters. The van der Waals surface area contributed by atoms with Crippen molar-refractivity contribution in [3.05, 3.63) is 29.8 Å². The van der Waals surface area contributed by atoms with E-state index in [2.05, 4.69) is 12.1 Å². The van der Waals surface area contributed by atoms with Gasteiger partial charge in [-0.25, -0.2) is 0 Å². The molecule has 0 amide bonds. The van der Waals surface area contributed by atoms with Gasteiger partial charge in [-0.15, -0.1) is 11.6 Å². The standard InChI is InChI=1S/C13H17ClO/c1-15-11-8-6-10(7-9-11)12-4-2-3-5-13(12)14/h6-9,12-13H,2-5H2,1H3/t12-,13+/m0/s1. The number of ether oxygens (including phenoxy) is 1. The van der Waals surface area contributed by atoms with Crippen molar-refractivity contribution in [1.82, 2.24) is 0 Å². The number of hydrogen-bond donors (Lipinski definition) is 0. The lowest BCUT2D eigenvalue weighted by atomic mass is 9.84. The van der Waals surface area contributed by atoms with Gasteiger partial charge in [0.1, 0.15) is 5.75 Å². The topological polar surface area (TPSA) is 9.23 Å². The Kier molecular flexibility index (Phi) is 3.53. The molecule has 0 radical (unpaired) electrons. The third-order valence-electron chi connectivity index (χ3n) is 3.23. The van der Waals surface area contributed by atoms with Crippen LogP contribution in [-0.4, -0.2) is 12.5 Å². The quantitative estimate of drug-likeness (QED) is 0.691. The SMILES string of the molecule is COc1ccc([C@@H]2CCCC[C@H]2Cl)cc1. The van der Waals surface area contributed by atoms with Gasteiger partial charge in [-0.3, -0.25) is 0 Å². The van der Waals surface area contributed by atoms with Crippen LogP contribution in [0, 0.1) is 0 Å². The van der Waals surface area contributed by atoms with E-state index in [1.165, 1.54) is 24.8 Å². The van der Waals surface area contributed by atoms with Gasteiger partial charge in [0.25, 0.3) is 0 Å². The molecule has 0 unspecified atom stereocenters. The first-order chi connectivity index (χ1) is 7.31. The van der Waals surface area contributed by atoms with Crippen LogP contribution in [0.4, 0.5) is 0 Å². The minimum atomic E-state index is 0.312. The largest absolute Gasteiger partial charge is 0.497 e. The zero-order chi connectivity index (χ0) is 10.7. The summed E-state index contributed by atoms with van der Waals surface area (Å²) in [6.07, 6.45) is 4.96. The Hall–Kier alpha value is -0.690. The van der Waals surface area contributed by atoms with E-state index < -0.39 is 0 Å². The van der Waals surface area contributed by atoms with Crippen LogP contribution in [0.3, 0.4) is 0 Å². The number of benzene rings is 1.